The summed E-state index contributed by atoms with van der Waals surface area (Å²) >= 11 is 0. The minimum absolute atomic E-state index is 0.0134. The van der Waals surface area contributed by atoms with Crippen LogP contribution in [0.15, 0.2) is 30.5 Å². The van der Waals surface area contributed by atoms with Gasteiger partial charge >= 0.3 is 5.97 Å². The van der Waals surface area contributed by atoms with Crippen LogP contribution in [0.3, 0.4) is 0 Å². The number of methoxy groups -OCH3 is 1. The number of esters is 1. The molecule has 1 aromatic heterocycles. The quantitative estimate of drug-likeness (QED) is 0.235. The van der Waals surface area contributed by atoms with Crippen LogP contribution in [0, 0.1) is 0 Å². The first-order valence-corrected chi connectivity index (χ1v) is 19.8. The van der Waals surface area contributed by atoms with Crippen LogP contribution in [0.5, 0.6) is 5.75 Å². The summed E-state index contributed by atoms with van der Waals surface area (Å²) in [5.41, 5.74) is 0.846. The van der Waals surface area contributed by atoms with Crippen molar-refractivity contribution < 1.29 is 37.0 Å². The molecule has 5 aliphatic rings. The van der Waals surface area contributed by atoms with Crippen molar-refractivity contribution in [2.75, 3.05) is 57.2 Å². The van der Waals surface area contributed by atoms with E-state index in [4.69, 9.17) is 23.9 Å². The molecule has 2 aromatic rings. The number of nitrogens with zero attached hydrogens (tertiary/aromatic N) is 5. The highest BCUT2D eigenvalue weighted by Crippen LogP contribution is 2.57. The molecule has 7 rings (SSSR count). The lowest BCUT2D eigenvalue weighted by Gasteiger charge is -2.37. The fraction of sp³-hybridized carbons (Fsp3) is 0.667. The summed E-state index contributed by atoms with van der Waals surface area (Å²) in [6.45, 7) is 1.77. The first-order valence-electron chi connectivity index (χ1n) is 18.5. The molecule has 15 heteroatoms. The predicted molar refractivity (Wildman–Crippen MR) is 189 cm³/mol. The van der Waals surface area contributed by atoms with E-state index in [9.17, 15) is 18.0 Å². The number of benzene rings is 1. The van der Waals surface area contributed by atoms with Gasteiger partial charge in [-0.05, 0) is 101 Å². The molecule has 4 fully saturated rings. The van der Waals surface area contributed by atoms with Crippen LogP contribution in [0.1, 0.15) is 93.0 Å². The van der Waals surface area contributed by atoms with Crippen LogP contribution >= 0.6 is 0 Å². The maximum atomic E-state index is 13.9. The van der Waals surface area contributed by atoms with Gasteiger partial charge in [0.15, 0.2) is 6.29 Å². The number of aromatic nitrogens is 2. The second-order valence-corrected chi connectivity index (χ2v) is 16.5. The monoisotopic (exact) mass is 726 g/mol. The largest absolute Gasteiger partial charge is 0.497 e. The van der Waals surface area contributed by atoms with E-state index < -0.39 is 21.6 Å². The van der Waals surface area contributed by atoms with E-state index in [0.717, 1.165) is 70.0 Å². The van der Waals surface area contributed by atoms with E-state index in [1.807, 2.05) is 11.1 Å². The van der Waals surface area contributed by atoms with Gasteiger partial charge in [0, 0.05) is 57.1 Å². The Bertz CT molecular complexity index is 1660. The number of piperidine rings is 1. The third kappa shape index (κ3) is 7.73. The zero-order valence-electron chi connectivity index (χ0n) is 29.6. The number of carbonyl (C=O) groups is 2. The van der Waals surface area contributed by atoms with Gasteiger partial charge in [-0.3, -0.25) is 9.69 Å². The van der Waals surface area contributed by atoms with Gasteiger partial charge in [-0.15, -0.1) is 0 Å². The van der Waals surface area contributed by atoms with Crippen LogP contribution in [-0.4, -0.2) is 110 Å². The van der Waals surface area contributed by atoms with Crippen molar-refractivity contribution in [2.24, 2.45) is 0 Å². The van der Waals surface area contributed by atoms with Gasteiger partial charge in [0.25, 0.3) is 10.2 Å². The van der Waals surface area contributed by atoms with Crippen LogP contribution in [-0.2, 0) is 34.6 Å². The lowest BCUT2D eigenvalue weighted by Crippen LogP contribution is -2.48. The molecule has 4 heterocycles. The third-order valence-electron chi connectivity index (χ3n) is 11.0. The highest BCUT2D eigenvalue weighted by molar-refractivity contribution is 7.86. The summed E-state index contributed by atoms with van der Waals surface area (Å²) < 4.78 is 52.1. The van der Waals surface area contributed by atoms with Crippen molar-refractivity contribution >= 4 is 33.9 Å². The van der Waals surface area contributed by atoms with E-state index in [1.54, 1.807) is 38.4 Å². The molecule has 1 unspecified atom stereocenters. The van der Waals surface area contributed by atoms with E-state index in [0.29, 0.717) is 55.4 Å². The van der Waals surface area contributed by atoms with E-state index in [-0.39, 0.29) is 43.5 Å². The molecule has 1 spiro atoms. The number of ether oxygens (including phenoxy) is 4. The Balaban J connectivity index is 0.907. The Hall–Kier alpha value is -3.37. The Morgan fingerprint density at radius 1 is 1.08 bits per heavy atom. The van der Waals surface area contributed by atoms with Crippen molar-refractivity contribution in [2.45, 2.75) is 107 Å². The lowest BCUT2D eigenvalue weighted by molar-refractivity contribution is -0.193. The normalized spacial score (nSPS) is 25.2. The van der Waals surface area contributed by atoms with Crippen LogP contribution < -0.4 is 15.0 Å². The van der Waals surface area contributed by atoms with Crippen molar-refractivity contribution in [3.8, 4) is 5.75 Å². The summed E-state index contributed by atoms with van der Waals surface area (Å²) in [4.78, 5) is 37.7. The number of nitrogens with one attached hydrogen (secondary N) is 1. The molecular weight excluding hydrogens is 676 g/mol. The highest BCUT2D eigenvalue weighted by atomic mass is 32.2. The predicted octanol–water partition coefficient (Wildman–Crippen LogP) is 4.02. The summed E-state index contributed by atoms with van der Waals surface area (Å²) in [5.74, 6) is 1.50. The summed E-state index contributed by atoms with van der Waals surface area (Å²) in [5, 5.41) is 3.44. The lowest BCUT2D eigenvalue weighted by atomic mass is 9.91. The number of fused-ring (bicyclic) bond motifs is 2. The molecule has 3 aliphatic heterocycles. The Kier molecular flexibility index (Phi) is 10.8. The van der Waals surface area contributed by atoms with E-state index in [1.165, 1.54) is 8.61 Å². The van der Waals surface area contributed by atoms with Crippen molar-refractivity contribution in [1.29, 1.82) is 0 Å². The van der Waals surface area contributed by atoms with Crippen LogP contribution in [0.2, 0.25) is 0 Å². The molecular formula is C36H50N6O8S. The molecule has 1 aromatic carbocycles. The van der Waals surface area contributed by atoms with Crippen LogP contribution in [0.4, 0.5) is 11.8 Å². The summed E-state index contributed by atoms with van der Waals surface area (Å²) in [6.07, 6.45) is 11.7. The molecule has 1 N–H and O–H groups in total. The first-order chi connectivity index (χ1) is 24.7. The second kappa shape index (κ2) is 15.3. The maximum Gasteiger partial charge on any atom is 0.338 e. The van der Waals surface area contributed by atoms with Crippen molar-refractivity contribution in [3.05, 3.63) is 41.6 Å². The fourth-order valence-corrected chi connectivity index (χ4v) is 9.28. The van der Waals surface area contributed by atoms with E-state index >= 15 is 0 Å². The second-order valence-electron chi connectivity index (χ2n) is 14.4. The zero-order chi connectivity index (χ0) is 35.6. The minimum atomic E-state index is -3.68. The number of hydrogen-bond donors (Lipinski definition) is 1. The molecule has 1 amide bonds. The van der Waals surface area contributed by atoms with Crippen molar-refractivity contribution in [3.63, 3.8) is 0 Å². The molecule has 0 bridgehead atoms. The Morgan fingerprint density at radius 2 is 1.86 bits per heavy atom. The van der Waals surface area contributed by atoms with Gasteiger partial charge < -0.3 is 24.3 Å². The van der Waals surface area contributed by atoms with Crippen molar-refractivity contribution in [1.82, 2.24) is 18.6 Å². The minimum Gasteiger partial charge on any atom is -0.497 e. The number of carbonyl (C=O) groups excluding carboxylic acids is 2. The number of anilines is 2. The van der Waals surface area contributed by atoms with Crippen LogP contribution in [0.25, 0.3) is 0 Å². The topological polar surface area (TPSA) is 153 Å². The zero-order valence-corrected chi connectivity index (χ0v) is 30.4. The maximum absolute atomic E-state index is 13.9. The number of amides is 1. The molecule has 2 saturated carbocycles. The fourth-order valence-electron chi connectivity index (χ4n) is 7.85. The molecule has 2 saturated heterocycles. The summed E-state index contributed by atoms with van der Waals surface area (Å²) in [6, 6.07) is 6.63. The van der Waals surface area contributed by atoms with Gasteiger partial charge in [0.05, 0.1) is 30.8 Å². The van der Waals surface area contributed by atoms with Gasteiger partial charge in [-0.25, -0.2) is 9.78 Å². The molecule has 2 aliphatic carbocycles. The Labute approximate surface area is 300 Å². The van der Waals surface area contributed by atoms with Gasteiger partial charge in [0.2, 0.25) is 11.9 Å². The van der Waals surface area contributed by atoms with Gasteiger partial charge in [0.1, 0.15) is 11.6 Å². The number of hydrogen-bond acceptors (Lipinski definition) is 11. The smallest absolute Gasteiger partial charge is 0.338 e. The average Bonchev–Trinajstić information content (AvgIpc) is 3.92. The van der Waals surface area contributed by atoms with Gasteiger partial charge in [-0.1, -0.05) is 0 Å². The molecule has 0 radical (unpaired) electrons. The first kappa shape index (κ1) is 36.0. The molecule has 3 atom stereocenters. The molecule has 14 nitrogen and oxygen atoms in total. The third-order valence-corrected chi connectivity index (χ3v) is 13.0. The standard InChI is InChI=1S/C36H50N6O8S/c1-40(18-6-22-49-33(43)25-10-12-28(47-2)13-11-25)51(45,46)41-19-14-26(15-20-41)38-35-37-24-30-32(39-35)42(34(44)36(30)16-17-36)27-7-5-8-29(23-27)50-31-9-3-4-21-48-31/h10-13,24,26-27,29,31H,3-9,14-23H2,1-2H3,(H,37,38,39)/t27-,29-,31?/m1/s1. The molecule has 278 valence electrons. The summed E-state index contributed by atoms with van der Waals surface area (Å²) in [7, 11) is -0.579. The Morgan fingerprint density at radius 3 is 2.57 bits per heavy atom. The van der Waals surface area contributed by atoms with E-state index in [2.05, 4.69) is 10.3 Å². The highest BCUT2D eigenvalue weighted by Gasteiger charge is 2.61. The average molecular weight is 727 g/mol. The molecule has 51 heavy (non-hydrogen) atoms. The van der Waals surface area contributed by atoms with Gasteiger partial charge in [-0.2, -0.15) is 22.0 Å². The number of rotatable bonds is 13. The SMILES string of the molecule is COc1ccc(C(=O)OCCCN(C)S(=O)(=O)N2CCC(Nc3ncc4c(n3)N([C@@H]3CCC[C@@H](OC5CCCCO5)C3)C(=O)C43CC3)CC2)cc1.